The fourth-order valence-corrected chi connectivity index (χ4v) is 2.59. The van der Waals surface area contributed by atoms with E-state index >= 15 is 0 Å². The molecule has 0 spiro atoms. The van der Waals surface area contributed by atoms with E-state index in [4.69, 9.17) is 5.73 Å². The van der Waals surface area contributed by atoms with Crippen LogP contribution < -0.4 is 21.7 Å². The van der Waals surface area contributed by atoms with Crippen molar-refractivity contribution in [3.63, 3.8) is 0 Å². The van der Waals surface area contributed by atoms with Gasteiger partial charge in [0.15, 0.2) is 0 Å². The van der Waals surface area contributed by atoms with E-state index in [-0.39, 0.29) is 11.8 Å². The molecule has 10 heteroatoms. The Balaban J connectivity index is 5.40. The lowest BCUT2D eigenvalue weighted by molar-refractivity contribution is -0.144. The van der Waals surface area contributed by atoms with Crippen molar-refractivity contribution in [2.75, 3.05) is 0 Å². The van der Waals surface area contributed by atoms with Crippen molar-refractivity contribution in [2.24, 2.45) is 17.6 Å². The van der Waals surface area contributed by atoms with Crippen molar-refractivity contribution < 1.29 is 29.4 Å². The molecule has 0 saturated heterocycles. The standard InChI is InChI=1S/C19H36N4O6/c1-7-10(4)14(19(28)29)22-18(27)15(12(6)24)23-17(26)13(8-9(2)3)21-16(25)11(5)20/h9-15,24H,7-8,20H2,1-6H3,(H,21,25)(H,22,27)(H,23,26)(H,28,29). The minimum Gasteiger partial charge on any atom is -0.480 e. The largest absolute Gasteiger partial charge is 0.480 e. The maximum Gasteiger partial charge on any atom is 0.326 e. The zero-order valence-corrected chi connectivity index (χ0v) is 18.1. The van der Waals surface area contributed by atoms with Gasteiger partial charge in [-0.25, -0.2) is 4.79 Å². The van der Waals surface area contributed by atoms with Gasteiger partial charge in [-0.1, -0.05) is 34.1 Å². The van der Waals surface area contributed by atoms with E-state index in [1.807, 2.05) is 13.8 Å². The number of carboxylic acids is 1. The Bertz CT molecular complexity index is 579. The average molecular weight is 417 g/mol. The number of carbonyl (C=O) groups is 4. The third-order valence-corrected chi connectivity index (χ3v) is 4.59. The minimum atomic E-state index is -1.38. The van der Waals surface area contributed by atoms with Crippen LogP contribution in [-0.2, 0) is 19.2 Å². The first-order valence-corrected chi connectivity index (χ1v) is 9.89. The van der Waals surface area contributed by atoms with Crippen LogP contribution in [-0.4, -0.2) is 64.2 Å². The fraction of sp³-hybridized carbons (Fsp3) is 0.789. The van der Waals surface area contributed by atoms with E-state index in [1.54, 1.807) is 13.8 Å². The van der Waals surface area contributed by atoms with Crippen LogP contribution in [0.25, 0.3) is 0 Å². The van der Waals surface area contributed by atoms with Gasteiger partial charge in [0, 0.05) is 0 Å². The van der Waals surface area contributed by atoms with Gasteiger partial charge in [-0.05, 0) is 32.1 Å². The van der Waals surface area contributed by atoms with E-state index in [9.17, 15) is 29.4 Å². The van der Waals surface area contributed by atoms with E-state index in [0.29, 0.717) is 12.8 Å². The molecule has 29 heavy (non-hydrogen) atoms. The first kappa shape index (κ1) is 26.8. The van der Waals surface area contributed by atoms with E-state index in [0.717, 1.165) is 0 Å². The topological polar surface area (TPSA) is 171 Å². The Morgan fingerprint density at radius 3 is 1.76 bits per heavy atom. The minimum absolute atomic E-state index is 0.0553. The van der Waals surface area contributed by atoms with Gasteiger partial charge in [0.1, 0.15) is 18.1 Å². The second kappa shape index (κ2) is 12.4. The van der Waals surface area contributed by atoms with Crippen LogP contribution in [0.15, 0.2) is 0 Å². The van der Waals surface area contributed by atoms with Gasteiger partial charge in [0.05, 0.1) is 12.1 Å². The molecule has 0 rings (SSSR count). The lowest BCUT2D eigenvalue weighted by atomic mass is 9.98. The highest BCUT2D eigenvalue weighted by molar-refractivity contribution is 5.94. The maximum atomic E-state index is 12.7. The predicted molar refractivity (Wildman–Crippen MR) is 108 cm³/mol. The molecule has 10 nitrogen and oxygen atoms in total. The number of nitrogens with one attached hydrogen (secondary N) is 3. The first-order chi connectivity index (χ1) is 13.3. The maximum absolute atomic E-state index is 12.7. The third-order valence-electron chi connectivity index (χ3n) is 4.59. The molecule has 0 radical (unpaired) electrons. The second-order valence-corrected chi connectivity index (χ2v) is 7.92. The van der Waals surface area contributed by atoms with Crippen molar-refractivity contribution in [3.8, 4) is 0 Å². The van der Waals surface area contributed by atoms with Crippen LogP contribution >= 0.6 is 0 Å². The SMILES string of the molecule is CCC(C)C(NC(=O)C(NC(=O)C(CC(C)C)NC(=O)C(C)N)C(C)O)C(=O)O. The van der Waals surface area contributed by atoms with Gasteiger partial charge in [0.25, 0.3) is 0 Å². The molecule has 0 bridgehead atoms. The molecular formula is C19H36N4O6. The average Bonchev–Trinajstić information content (AvgIpc) is 2.61. The summed E-state index contributed by atoms with van der Waals surface area (Å²) in [5, 5.41) is 26.6. The van der Waals surface area contributed by atoms with Crippen LogP contribution in [0.5, 0.6) is 0 Å². The summed E-state index contributed by atoms with van der Waals surface area (Å²) in [6.45, 7) is 9.98. The third kappa shape index (κ3) is 9.23. The Hall–Kier alpha value is -2.20. The fourth-order valence-electron chi connectivity index (χ4n) is 2.59. The molecule has 0 aromatic heterocycles. The zero-order chi connectivity index (χ0) is 22.9. The van der Waals surface area contributed by atoms with Gasteiger partial charge in [0.2, 0.25) is 17.7 Å². The van der Waals surface area contributed by atoms with E-state index < -0.39 is 54.0 Å². The Kier molecular flexibility index (Phi) is 11.4. The highest BCUT2D eigenvalue weighted by atomic mass is 16.4. The van der Waals surface area contributed by atoms with Crippen LogP contribution in [0.4, 0.5) is 0 Å². The van der Waals surface area contributed by atoms with Gasteiger partial charge < -0.3 is 31.9 Å². The normalized spacial score (nSPS) is 17.4. The predicted octanol–water partition coefficient (Wildman–Crippen LogP) is -0.654. The van der Waals surface area contributed by atoms with Gasteiger partial charge in [-0.3, -0.25) is 14.4 Å². The first-order valence-electron chi connectivity index (χ1n) is 9.89. The zero-order valence-electron chi connectivity index (χ0n) is 18.1. The highest BCUT2D eigenvalue weighted by Crippen LogP contribution is 2.10. The number of aliphatic hydroxyl groups is 1. The number of aliphatic hydroxyl groups excluding tert-OH is 1. The van der Waals surface area contributed by atoms with Crippen molar-refractivity contribution in [3.05, 3.63) is 0 Å². The van der Waals surface area contributed by atoms with Crippen LogP contribution in [0.1, 0.15) is 54.4 Å². The Labute approximate surface area is 172 Å². The van der Waals surface area contributed by atoms with Crippen molar-refractivity contribution >= 4 is 23.7 Å². The second-order valence-electron chi connectivity index (χ2n) is 7.92. The molecule has 0 aromatic carbocycles. The number of aliphatic carboxylic acids is 1. The molecule has 7 N–H and O–H groups in total. The van der Waals surface area contributed by atoms with Crippen LogP contribution in [0.2, 0.25) is 0 Å². The number of carbonyl (C=O) groups excluding carboxylic acids is 3. The lowest BCUT2D eigenvalue weighted by Gasteiger charge is -2.28. The van der Waals surface area contributed by atoms with Gasteiger partial charge in [-0.15, -0.1) is 0 Å². The summed E-state index contributed by atoms with van der Waals surface area (Å²) in [5.41, 5.74) is 5.53. The number of carboxylic acid groups (broad SMARTS) is 1. The van der Waals surface area contributed by atoms with E-state index in [1.165, 1.54) is 13.8 Å². The summed E-state index contributed by atoms with van der Waals surface area (Å²) in [4.78, 5) is 48.6. The summed E-state index contributed by atoms with van der Waals surface area (Å²) < 4.78 is 0. The molecule has 0 aliphatic heterocycles. The van der Waals surface area contributed by atoms with Crippen molar-refractivity contribution in [2.45, 2.75) is 84.7 Å². The number of amides is 3. The molecule has 6 atom stereocenters. The molecule has 0 aromatic rings. The number of rotatable bonds is 12. The molecule has 6 unspecified atom stereocenters. The highest BCUT2D eigenvalue weighted by Gasteiger charge is 2.33. The summed E-state index contributed by atoms with van der Waals surface area (Å²) in [6.07, 6.45) is -0.472. The molecule has 0 saturated carbocycles. The van der Waals surface area contributed by atoms with E-state index in [2.05, 4.69) is 16.0 Å². The van der Waals surface area contributed by atoms with Crippen molar-refractivity contribution in [1.82, 2.24) is 16.0 Å². The lowest BCUT2D eigenvalue weighted by Crippen LogP contribution is -2.60. The summed E-state index contributed by atoms with van der Waals surface area (Å²) >= 11 is 0. The molecule has 3 amide bonds. The summed E-state index contributed by atoms with van der Waals surface area (Å²) in [7, 11) is 0. The van der Waals surface area contributed by atoms with Crippen molar-refractivity contribution in [1.29, 1.82) is 0 Å². The molecular weight excluding hydrogens is 380 g/mol. The molecule has 0 aliphatic carbocycles. The number of nitrogens with two attached hydrogens (primary N) is 1. The van der Waals surface area contributed by atoms with Crippen LogP contribution in [0, 0.1) is 11.8 Å². The molecule has 0 fully saturated rings. The van der Waals surface area contributed by atoms with Gasteiger partial charge >= 0.3 is 5.97 Å². The monoisotopic (exact) mass is 416 g/mol. The molecule has 0 aliphatic rings. The van der Waals surface area contributed by atoms with Crippen LogP contribution in [0.3, 0.4) is 0 Å². The molecule has 0 heterocycles. The summed E-state index contributed by atoms with van der Waals surface area (Å²) in [5.74, 6) is -3.50. The number of hydrogen-bond donors (Lipinski definition) is 6. The summed E-state index contributed by atoms with van der Waals surface area (Å²) in [6, 6.07) is -4.31. The van der Waals surface area contributed by atoms with Gasteiger partial charge in [-0.2, -0.15) is 0 Å². The number of hydrogen-bond acceptors (Lipinski definition) is 6. The Morgan fingerprint density at radius 2 is 1.38 bits per heavy atom. The smallest absolute Gasteiger partial charge is 0.326 e. The Morgan fingerprint density at radius 1 is 0.862 bits per heavy atom. The quantitative estimate of drug-likeness (QED) is 0.245. The molecule has 168 valence electrons.